The van der Waals surface area contributed by atoms with Gasteiger partial charge >= 0.3 is 0 Å². The van der Waals surface area contributed by atoms with Gasteiger partial charge in [-0.3, -0.25) is 9.78 Å². The zero-order valence-corrected chi connectivity index (χ0v) is 15.5. The van der Waals surface area contributed by atoms with Gasteiger partial charge in [0, 0.05) is 48.4 Å². The van der Waals surface area contributed by atoms with Crippen molar-refractivity contribution in [1.29, 1.82) is 0 Å². The van der Waals surface area contributed by atoms with Crippen molar-refractivity contribution < 1.29 is 4.79 Å². The van der Waals surface area contributed by atoms with E-state index in [9.17, 15) is 4.79 Å². The molecule has 3 aromatic rings. The Morgan fingerprint density at radius 2 is 1.63 bits per heavy atom. The molecule has 0 bridgehead atoms. The number of nitrogens with zero attached hydrogens (tertiary/aromatic N) is 3. The number of hydrogen-bond donors (Lipinski definition) is 3. The molecule has 0 saturated carbocycles. The van der Waals surface area contributed by atoms with Crippen LogP contribution in [-0.2, 0) is 4.79 Å². The lowest BCUT2D eigenvalue weighted by atomic mass is 10.2. The Morgan fingerprint density at radius 1 is 0.963 bits per heavy atom. The van der Waals surface area contributed by atoms with Crippen molar-refractivity contribution in [1.82, 2.24) is 15.0 Å². The summed E-state index contributed by atoms with van der Waals surface area (Å²) < 4.78 is 0. The van der Waals surface area contributed by atoms with Crippen molar-refractivity contribution in [3.05, 3.63) is 54.9 Å². The Balaban J connectivity index is 1.88. The average molecular weight is 362 g/mol. The van der Waals surface area contributed by atoms with E-state index in [2.05, 4.69) is 30.9 Å². The topological polar surface area (TPSA) is 91.8 Å². The van der Waals surface area contributed by atoms with Crippen molar-refractivity contribution in [3.63, 3.8) is 0 Å². The molecule has 138 valence electrons. The van der Waals surface area contributed by atoms with Gasteiger partial charge in [-0.25, -0.2) is 4.98 Å². The minimum Gasteiger partial charge on any atom is -0.352 e. The number of rotatable bonds is 6. The molecule has 0 unspecified atom stereocenters. The number of amides is 1. The third kappa shape index (κ3) is 5.24. The molecule has 7 heteroatoms. The van der Waals surface area contributed by atoms with Gasteiger partial charge in [0.1, 0.15) is 5.82 Å². The van der Waals surface area contributed by atoms with Gasteiger partial charge in [-0.05, 0) is 50.2 Å². The van der Waals surface area contributed by atoms with Gasteiger partial charge in [0.2, 0.25) is 11.9 Å². The van der Waals surface area contributed by atoms with Gasteiger partial charge in [0.25, 0.3) is 0 Å². The first kappa shape index (κ1) is 18.3. The van der Waals surface area contributed by atoms with E-state index in [0.717, 1.165) is 22.6 Å². The van der Waals surface area contributed by atoms with E-state index in [4.69, 9.17) is 0 Å². The molecule has 27 heavy (non-hydrogen) atoms. The van der Waals surface area contributed by atoms with Gasteiger partial charge < -0.3 is 16.0 Å². The van der Waals surface area contributed by atoms with Crippen LogP contribution in [0, 0.1) is 0 Å². The lowest BCUT2D eigenvalue weighted by Crippen LogP contribution is -2.13. The molecule has 0 aliphatic carbocycles. The van der Waals surface area contributed by atoms with Crippen LogP contribution in [0.3, 0.4) is 0 Å². The number of pyridine rings is 1. The molecule has 0 radical (unpaired) electrons. The average Bonchev–Trinajstić information content (AvgIpc) is 2.63. The summed E-state index contributed by atoms with van der Waals surface area (Å²) in [6.07, 6.45) is 3.47. The fourth-order valence-corrected chi connectivity index (χ4v) is 2.49. The predicted molar refractivity (Wildman–Crippen MR) is 108 cm³/mol. The molecule has 0 aliphatic heterocycles. The number of benzene rings is 1. The summed E-state index contributed by atoms with van der Waals surface area (Å²) in [5, 5.41) is 9.28. The van der Waals surface area contributed by atoms with E-state index in [0.29, 0.717) is 11.8 Å². The van der Waals surface area contributed by atoms with Crippen LogP contribution in [-0.4, -0.2) is 26.9 Å². The van der Waals surface area contributed by atoms with E-state index in [1.165, 1.54) is 6.92 Å². The van der Waals surface area contributed by atoms with Gasteiger partial charge in [-0.2, -0.15) is 4.98 Å². The van der Waals surface area contributed by atoms with E-state index >= 15 is 0 Å². The maximum absolute atomic E-state index is 11.1. The van der Waals surface area contributed by atoms with Crippen LogP contribution in [0.4, 0.5) is 23.1 Å². The van der Waals surface area contributed by atoms with Gasteiger partial charge in [0.15, 0.2) is 0 Å². The molecule has 1 aromatic carbocycles. The van der Waals surface area contributed by atoms with Gasteiger partial charge in [0.05, 0.1) is 5.69 Å². The minimum atomic E-state index is -0.0992. The van der Waals surface area contributed by atoms with Crippen molar-refractivity contribution in [2.75, 3.05) is 16.0 Å². The smallest absolute Gasteiger partial charge is 0.225 e. The summed E-state index contributed by atoms with van der Waals surface area (Å²) in [5.74, 6) is 1.13. The van der Waals surface area contributed by atoms with Gasteiger partial charge in [-0.15, -0.1) is 0 Å². The van der Waals surface area contributed by atoms with Crippen LogP contribution in [0.2, 0.25) is 0 Å². The highest BCUT2D eigenvalue weighted by atomic mass is 16.1. The highest BCUT2D eigenvalue weighted by molar-refractivity contribution is 5.88. The Hall–Kier alpha value is -3.48. The van der Waals surface area contributed by atoms with Crippen LogP contribution >= 0.6 is 0 Å². The molecule has 3 rings (SSSR count). The molecule has 0 saturated heterocycles. The Kier molecular flexibility index (Phi) is 5.61. The predicted octanol–water partition coefficient (Wildman–Crippen LogP) is 4.06. The summed E-state index contributed by atoms with van der Waals surface area (Å²) in [6, 6.07) is 13.4. The largest absolute Gasteiger partial charge is 0.352 e. The summed E-state index contributed by atoms with van der Waals surface area (Å²) in [7, 11) is 0. The first-order valence-corrected chi connectivity index (χ1v) is 8.70. The molecule has 7 nitrogen and oxygen atoms in total. The van der Waals surface area contributed by atoms with E-state index in [1.54, 1.807) is 12.4 Å². The Labute approximate surface area is 158 Å². The zero-order chi connectivity index (χ0) is 19.2. The number of carbonyl (C=O) groups excluding carboxylic acids is 1. The summed E-state index contributed by atoms with van der Waals surface area (Å²) in [4.78, 5) is 24.3. The summed E-state index contributed by atoms with van der Waals surface area (Å²) in [6.45, 7) is 5.56. The van der Waals surface area contributed by atoms with Crippen LogP contribution < -0.4 is 16.0 Å². The molecule has 0 spiro atoms. The molecular weight excluding hydrogens is 340 g/mol. The van der Waals surface area contributed by atoms with Crippen LogP contribution in [0.5, 0.6) is 0 Å². The molecule has 0 fully saturated rings. The first-order valence-electron chi connectivity index (χ1n) is 8.70. The van der Waals surface area contributed by atoms with Gasteiger partial charge in [-0.1, -0.05) is 0 Å². The SMILES string of the molecule is CC(=O)Nc1ccc(Nc2cc(-c3ccncc3)nc(NC(C)C)n2)cc1. The molecule has 3 N–H and O–H groups in total. The lowest BCUT2D eigenvalue weighted by Gasteiger charge is -2.13. The second-order valence-electron chi connectivity index (χ2n) is 6.38. The van der Waals surface area contributed by atoms with Crippen molar-refractivity contribution in [2.45, 2.75) is 26.8 Å². The normalized spacial score (nSPS) is 10.5. The number of hydrogen-bond acceptors (Lipinski definition) is 6. The number of anilines is 4. The quantitative estimate of drug-likeness (QED) is 0.612. The minimum absolute atomic E-state index is 0.0992. The van der Waals surface area contributed by atoms with Crippen molar-refractivity contribution >= 4 is 29.0 Å². The highest BCUT2D eigenvalue weighted by Crippen LogP contribution is 2.24. The maximum atomic E-state index is 11.1. The molecule has 0 atom stereocenters. The molecule has 2 aromatic heterocycles. The van der Waals surface area contributed by atoms with Crippen LogP contribution in [0.25, 0.3) is 11.3 Å². The molecule has 1 amide bonds. The monoisotopic (exact) mass is 362 g/mol. The summed E-state index contributed by atoms with van der Waals surface area (Å²) >= 11 is 0. The third-order valence-corrected chi connectivity index (χ3v) is 3.60. The molecule has 0 aliphatic rings. The number of aromatic nitrogens is 3. The third-order valence-electron chi connectivity index (χ3n) is 3.60. The molecular formula is C20H22N6O. The van der Waals surface area contributed by atoms with E-state index in [-0.39, 0.29) is 11.9 Å². The van der Waals surface area contributed by atoms with Crippen molar-refractivity contribution in [3.8, 4) is 11.3 Å². The highest BCUT2D eigenvalue weighted by Gasteiger charge is 2.08. The van der Waals surface area contributed by atoms with E-state index < -0.39 is 0 Å². The zero-order valence-electron chi connectivity index (χ0n) is 15.5. The van der Waals surface area contributed by atoms with Crippen molar-refractivity contribution in [2.24, 2.45) is 0 Å². The number of carbonyl (C=O) groups is 1. The van der Waals surface area contributed by atoms with E-state index in [1.807, 2.05) is 56.3 Å². The second kappa shape index (κ2) is 8.27. The fraction of sp³-hybridized carbons (Fsp3) is 0.200. The van der Waals surface area contributed by atoms with Crippen LogP contribution in [0.1, 0.15) is 20.8 Å². The number of nitrogens with one attached hydrogen (secondary N) is 3. The molecule has 2 heterocycles. The summed E-state index contributed by atoms with van der Waals surface area (Å²) in [5.41, 5.74) is 3.37. The standard InChI is InChI=1S/C20H22N6O/c1-13(2)22-20-25-18(15-8-10-21-11-9-15)12-19(26-20)24-17-6-4-16(5-7-17)23-14(3)27/h4-13H,1-3H3,(H,23,27)(H2,22,24,25,26). The maximum Gasteiger partial charge on any atom is 0.225 e. The second-order valence-corrected chi connectivity index (χ2v) is 6.38. The lowest BCUT2D eigenvalue weighted by molar-refractivity contribution is -0.114. The Bertz CT molecular complexity index is 910. The fourth-order valence-electron chi connectivity index (χ4n) is 2.49. The van der Waals surface area contributed by atoms with Crippen LogP contribution in [0.15, 0.2) is 54.9 Å². The Morgan fingerprint density at radius 3 is 2.26 bits per heavy atom. The first-order chi connectivity index (χ1) is 13.0.